The lowest BCUT2D eigenvalue weighted by Crippen LogP contribution is -2.30. The topological polar surface area (TPSA) is 49.8 Å². The maximum atomic E-state index is 4.54. The molecule has 0 atom stereocenters. The van der Waals surface area contributed by atoms with E-state index >= 15 is 0 Å². The summed E-state index contributed by atoms with van der Waals surface area (Å²) in [6.07, 6.45) is 3.02. The molecule has 0 saturated carbocycles. The van der Waals surface area contributed by atoms with Gasteiger partial charge in [-0.2, -0.15) is 0 Å². The second-order valence-electron chi connectivity index (χ2n) is 4.92. The Hall–Kier alpha value is -1.32. The van der Waals surface area contributed by atoms with Crippen molar-refractivity contribution in [1.82, 2.24) is 9.97 Å². The summed E-state index contributed by atoms with van der Waals surface area (Å²) in [6.45, 7) is 8.65. The van der Waals surface area contributed by atoms with Gasteiger partial charge in [0.1, 0.15) is 17.5 Å². The molecule has 2 N–H and O–H groups in total. The highest BCUT2D eigenvalue weighted by Crippen LogP contribution is 2.18. The lowest BCUT2D eigenvalue weighted by molar-refractivity contribution is 0.544. The second kappa shape index (κ2) is 5.84. The first-order chi connectivity index (χ1) is 8.00. The number of hydrogen-bond acceptors (Lipinski definition) is 4. The first-order valence-corrected chi connectivity index (χ1v) is 6.34. The molecule has 0 unspecified atom stereocenters. The molecule has 1 aromatic rings. The first kappa shape index (κ1) is 13.7. The monoisotopic (exact) mass is 236 g/mol. The maximum absolute atomic E-state index is 4.54. The van der Waals surface area contributed by atoms with Crippen LogP contribution in [0.2, 0.25) is 0 Å². The van der Waals surface area contributed by atoms with Crippen molar-refractivity contribution < 1.29 is 0 Å². The number of aromatic nitrogens is 2. The Morgan fingerprint density at radius 2 is 1.82 bits per heavy atom. The van der Waals surface area contributed by atoms with Gasteiger partial charge in [0.05, 0.1) is 0 Å². The van der Waals surface area contributed by atoms with Crippen molar-refractivity contribution in [2.45, 2.75) is 52.5 Å². The van der Waals surface area contributed by atoms with Gasteiger partial charge in [-0.25, -0.2) is 9.97 Å². The summed E-state index contributed by atoms with van der Waals surface area (Å²) in [6, 6.07) is 1.95. The fourth-order valence-corrected chi connectivity index (χ4v) is 1.46. The van der Waals surface area contributed by atoms with Gasteiger partial charge in [-0.3, -0.25) is 0 Å². The molecule has 0 aliphatic rings. The van der Waals surface area contributed by atoms with Crippen molar-refractivity contribution >= 4 is 11.6 Å². The van der Waals surface area contributed by atoms with Gasteiger partial charge >= 0.3 is 0 Å². The van der Waals surface area contributed by atoms with Crippen LogP contribution < -0.4 is 10.6 Å². The van der Waals surface area contributed by atoms with E-state index in [-0.39, 0.29) is 5.54 Å². The van der Waals surface area contributed by atoms with Gasteiger partial charge in [-0.05, 0) is 26.7 Å². The highest BCUT2D eigenvalue weighted by Gasteiger charge is 2.15. The van der Waals surface area contributed by atoms with E-state index in [1.807, 2.05) is 13.1 Å². The van der Waals surface area contributed by atoms with E-state index in [0.29, 0.717) is 0 Å². The minimum Gasteiger partial charge on any atom is -0.373 e. The molecule has 1 heterocycles. The van der Waals surface area contributed by atoms with Crippen molar-refractivity contribution in [3.63, 3.8) is 0 Å². The normalized spacial score (nSPS) is 11.4. The van der Waals surface area contributed by atoms with Crippen LogP contribution in [0.25, 0.3) is 0 Å². The van der Waals surface area contributed by atoms with Crippen molar-refractivity contribution in [3.8, 4) is 0 Å². The molecule has 0 radical (unpaired) electrons. The molecule has 0 aliphatic carbocycles. The summed E-state index contributed by atoms with van der Waals surface area (Å²) in [5, 5.41) is 6.53. The zero-order valence-corrected chi connectivity index (χ0v) is 11.6. The highest BCUT2D eigenvalue weighted by atomic mass is 15.1. The molecule has 0 aromatic carbocycles. The van der Waals surface area contributed by atoms with E-state index in [0.717, 1.165) is 36.7 Å². The minimum atomic E-state index is 0.0584. The zero-order valence-electron chi connectivity index (χ0n) is 11.6. The Balaban J connectivity index is 2.94. The third kappa shape index (κ3) is 4.21. The summed E-state index contributed by atoms with van der Waals surface area (Å²) in [5.41, 5.74) is 0.0584. The van der Waals surface area contributed by atoms with Gasteiger partial charge in [0.25, 0.3) is 0 Å². The quantitative estimate of drug-likeness (QED) is 0.797. The Morgan fingerprint density at radius 1 is 1.18 bits per heavy atom. The van der Waals surface area contributed by atoms with Crippen LogP contribution in [-0.2, 0) is 6.42 Å². The largest absolute Gasteiger partial charge is 0.373 e. The third-order valence-corrected chi connectivity index (χ3v) is 2.85. The van der Waals surface area contributed by atoms with Crippen molar-refractivity contribution in [2.75, 3.05) is 17.7 Å². The molecule has 4 nitrogen and oxygen atoms in total. The summed E-state index contributed by atoms with van der Waals surface area (Å²) in [4.78, 5) is 8.98. The number of anilines is 2. The summed E-state index contributed by atoms with van der Waals surface area (Å²) in [7, 11) is 1.88. The van der Waals surface area contributed by atoms with E-state index in [9.17, 15) is 0 Å². The van der Waals surface area contributed by atoms with Crippen LogP contribution in [-0.4, -0.2) is 22.6 Å². The number of aryl methyl sites for hydroxylation is 1. The van der Waals surface area contributed by atoms with Crippen LogP contribution in [0.3, 0.4) is 0 Å². The number of nitrogens with one attached hydrogen (secondary N) is 2. The molecule has 17 heavy (non-hydrogen) atoms. The predicted octanol–water partition coefficient (Wildman–Crippen LogP) is 3.07. The van der Waals surface area contributed by atoms with Gasteiger partial charge in [0.2, 0.25) is 0 Å². The zero-order chi connectivity index (χ0) is 12.9. The van der Waals surface area contributed by atoms with E-state index < -0.39 is 0 Å². The van der Waals surface area contributed by atoms with Crippen molar-refractivity contribution in [3.05, 3.63) is 11.9 Å². The van der Waals surface area contributed by atoms with Crippen LogP contribution in [0.4, 0.5) is 11.6 Å². The van der Waals surface area contributed by atoms with Gasteiger partial charge in [-0.15, -0.1) is 0 Å². The molecular weight excluding hydrogens is 212 g/mol. The number of hydrogen-bond donors (Lipinski definition) is 2. The lowest BCUT2D eigenvalue weighted by atomic mass is 10.0. The first-order valence-electron chi connectivity index (χ1n) is 6.34. The molecule has 0 fully saturated rings. The number of rotatable bonds is 6. The van der Waals surface area contributed by atoms with Crippen LogP contribution in [0.15, 0.2) is 6.07 Å². The molecule has 0 amide bonds. The molecule has 0 saturated heterocycles. The van der Waals surface area contributed by atoms with Crippen LogP contribution >= 0.6 is 0 Å². The maximum Gasteiger partial charge on any atom is 0.133 e. The second-order valence-corrected chi connectivity index (χ2v) is 4.92. The Morgan fingerprint density at radius 3 is 2.35 bits per heavy atom. The average molecular weight is 236 g/mol. The SMILES string of the molecule is CCCc1nc(NC)cc(NC(C)(C)CC)n1. The molecule has 1 aromatic heterocycles. The summed E-state index contributed by atoms with van der Waals surface area (Å²) < 4.78 is 0. The molecule has 96 valence electrons. The standard InChI is InChI=1S/C13H24N4/c1-6-8-10-15-11(14-5)9-12(16-10)17-13(3,4)7-2/h9H,6-8H2,1-5H3,(H2,14,15,16,17). The summed E-state index contributed by atoms with van der Waals surface area (Å²) in [5.74, 6) is 2.67. The third-order valence-electron chi connectivity index (χ3n) is 2.85. The average Bonchev–Trinajstić information content (AvgIpc) is 2.28. The summed E-state index contributed by atoms with van der Waals surface area (Å²) >= 11 is 0. The predicted molar refractivity (Wildman–Crippen MR) is 73.6 cm³/mol. The molecule has 0 spiro atoms. The fourth-order valence-electron chi connectivity index (χ4n) is 1.46. The Bertz CT molecular complexity index is 360. The van der Waals surface area contributed by atoms with Crippen LogP contribution in [0.1, 0.15) is 46.4 Å². The Labute approximate surface area is 104 Å². The molecular formula is C13H24N4. The van der Waals surface area contributed by atoms with E-state index in [1.54, 1.807) is 0 Å². The lowest BCUT2D eigenvalue weighted by Gasteiger charge is -2.25. The van der Waals surface area contributed by atoms with Gasteiger partial charge in [0.15, 0.2) is 0 Å². The van der Waals surface area contributed by atoms with Gasteiger partial charge in [-0.1, -0.05) is 13.8 Å². The van der Waals surface area contributed by atoms with Gasteiger partial charge < -0.3 is 10.6 Å². The molecule has 0 aliphatic heterocycles. The smallest absolute Gasteiger partial charge is 0.133 e. The molecule has 0 bridgehead atoms. The van der Waals surface area contributed by atoms with Crippen molar-refractivity contribution in [2.24, 2.45) is 0 Å². The van der Waals surface area contributed by atoms with Gasteiger partial charge in [0, 0.05) is 25.1 Å². The van der Waals surface area contributed by atoms with E-state index in [4.69, 9.17) is 0 Å². The highest BCUT2D eigenvalue weighted by molar-refractivity contribution is 5.48. The van der Waals surface area contributed by atoms with Crippen molar-refractivity contribution in [1.29, 1.82) is 0 Å². The number of nitrogens with zero attached hydrogens (tertiary/aromatic N) is 2. The Kier molecular flexibility index (Phi) is 4.73. The fraction of sp³-hybridized carbons (Fsp3) is 0.692. The van der Waals surface area contributed by atoms with Crippen LogP contribution in [0, 0.1) is 0 Å². The van der Waals surface area contributed by atoms with E-state index in [1.165, 1.54) is 0 Å². The van der Waals surface area contributed by atoms with E-state index in [2.05, 4.69) is 48.3 Å². The molecule has 1 rings (SSSR count). The molecule has 4 heteroatoms. The minimum absolute atomic E-state index is 0.0584. The van der Waals surface area contributed by atoms with Crippen LogP contribution in [0.5, 0.6) is 0 Å².